The van der Waals surface area contributed by atoms with E-state index in [4.69, 9.17) is 0 Å². The molecule has 2 aromatic carbocycles. The zero-order chi connectivity index (χ0) is 18.1. The van der Waals surface area contributed by atoms with Gasteiger partial charge in [-0.2, -0.15) is 8.78 Å². The summed E-state index contributed by atoms with van der Waals surface area (Å²) in [5, 5.41) is 2.78. The van der Waals surface area contributed by atoms with Crippen molar-refractivity contribution in [2.24, 2.45) is 0 Å². The maximum Gasteiger partial charge on any atom is 0.387 e. The number of nitrogens with one attached hydrogen (secondary N) is 1. The summed E-state index contributed by atoms with van der Waals surface area (Å²) in [6, 6.07) is 12.7. The normalized spacial score (nSPS) is 10.7. The summed E-state index contributed by atoms with van der Waals surface area (Å²) < 4.78 is 41.8. The molecule has 0 heterocycles. The Morgan fingerprint density at radius 3 is 2.52 bits per heavy atom. The van der Waals surface area contributed by atoms with E-state index in [2.05, 4.69) is 10.1 Å². The van der Waals surface area contributed by atoms with Crippen LogP contribution in [0.25, 0.3) is 0 Å². The van der Waals surface area contributed by atoms with E-state index in [0.717, 1.165) is 5.56 Å². The molecule has 0 radical (unpaired) electrons. The standard InChI is InChI=1S/C18H18F3NO2S/c19-15-3-1-2-4-16(15)25-12-10-17(23)22-11-9-13-5-7-14(8-6-13)24-18(20)21/h1-8,18H,9-12H2,(H,22,23). The lowest BCUT2D eigenvalue weighted by Crippen LogP contribution is -2.25. The molecule has 0 fully saturated rings. The molecule has 0 aromatic heterocycles. The van der Waals surface area contributed by atoms with Crippen LogP contribution in [0, 0.1) is 5.82 Å². The smallest absolute Gasteiger partial charge is 0.387 e. The maximum atomic E-state index is 13.4. The van der Waals surface area contributed by atoms with E-state index in [9.17, 15) is 18.0 Å². The lowest BCUT2D eigenvalue weighted by molar-refractivity contribution is -0.120. The molecule has 134 valence electrons. The highest BCUT2D eigenvalue weighted by Gasteiger charge is 2.06. The molecule has 0 spiro atoms. The minimum atomic E-state index is -2.84. The molecular weight excluding hydrogens is 351 g/mol. The SMILES string of the molecule is O=C(CCSc1ccccc1F)NCCc1ccc(OC(F)F)cc1. The molecule has 0 aliphatic carbocycles. The summed E-state index contributed by atoms with van der Waals surface area (Å²) in [6.45, 7) is -2.40. The third-order valence-corrected chi connectivity index (χ3v) is 4.36. The molecular formula is C18H18F3NO2S. The van der Waals surface area contributed by atoms with Crippen molar-refractivity contribution in [1.82, 2.24) is 5.32 Å². The van der Waals surface area contributed by atoms with Crippen molar-refractivity contribution in [2.45, 2.75) is 24.3 Å². The minimum absolute atomic E-state index is 0.105. The van der Waals surface area contributed by atoms with E-state index in [0.29, 0.717) is 30.0 Å². The first kappa shape index (κ1) is 19.2. The highest BCUT2D eigenvalue weighted by Crippen LogP contribution is 2.21. The second-order valence-corrected chi connectivity index (χ2v) is 6.29. The van der Waals surface area contributed by atoms with Crippen molar-refractivity contribution in [1.29, 1.82) is 0 Å². The predicted molar refractivity (Wildman–Crippen MR) is 91.5 cm³/mol. The molecule has 0 aliphatic heterocycles. The average molecular weight is 369 g/mol. The molecule has 1 N–H and O–H groups in total. The summed E-state index contributed by atoms with van der Waals surface area (Å²) >= 11 is 1.30. The number of hydrogen-bond donors (Lipinski definition) is 1. The van der Waals surface area contributed by atoms with Gasteiger partial charge in [0, 0.05) is 23.6 Å². The van der Waals surface area contributed by atoms with Crippen LogP contribution in [0.4, 0.5) is 13.2 Å². The number of rotatable bonds is 9. The third-order valence-electron chi connectivity index (χ3n) is 3.31. The molecule has 7 heteroatoms. The van der Waals surface area contributed by atoms with E-state index >= 15 is 0 Å². The zero-order valence-corrected chi connectivity index (χ0v) is 14.2. The number of halogens is 3. The van der Waals surface area contributed by atoms with Gasteiger partial charge in [0.1, 0.15) is 11.6 Å². The number of thioether (sulfide) groups is 1. The Kier molecular flexibility index (Phi) is 7.66. The molecule has 3 nitrogen and oxygen atoms in total. The van der Waals surface area contributed by atoms with Crippen LogP contribution in [0.2, 0.25) is 0 Å². The molecule has 0 atom stereocenters. The Morgan fingerprint density at radius 2 is 1.84 bits per heavy atom. The summed E-state index contributed by atoms with van der Waals surface area (Å²) in [6.07, 6.45) is 0.876. The number of amides is 1. The second-order valence-electron chi connectivity index (χ2n) is 5.15. The van der Waals surface area contributed by atoms with Crippen LogP contribution in [0.1, 0.15) is 12.0 Å². The monoisotopic (exact) mass is 369 g/mol. The maximum absolute atomic E-state index is 13.4. The van der Waals surface area contributed by atoms with Crippen LogP contribution in [0.15, 0.2) is 53.4 Å². The van der Waals surface area contributed by atoms with E-state index in [1.807, 2.05) is 0 Å². The van der Waals surface area contributed by atoms with Crippen molar-refractivity contribution < 1.29 is 22.7 Å². The first-order chi connectivity index (χ1) is 12.0. The van der Waals surface area contributed by atoms with E-state index in [1.54, 1.807) is 30.3 Å². The van der Waals surface area contributed by atoms with Crippen molar-refractivity contribution in [3.8, 4) is 5.75 Å². The fourth-order valence-corrected chi connectivity index (χ4v) is 2.98. The van der Waals surface area contributed by atoms with Crippen LogP contribution in [-0.2, 0) is 11.2 Å². The third kappa shape index (κ3) is 7.09. The van der Waals surface area contributed by atoms with Crippen molar-refractivity contribution in [2.75, 3.05) is 12.3 Å². The van der Waals surface area contributed by atoms with Gasteiger partial charge in [-0.25, -0.2) is 4.39 Å². The summed E-state index contributed by atoms with van der Waals surface area (Å²) in [5.74, 6) is 0.202. The molecule has 1 amide bonds. The first-order valence-electron chi connectivity index (χ1n) is 7.72. The minimum Gasteiger partial charge on any atom is -0.435 e. The summed E-state index contributed by atoms with van der Waals surface area (Å²) in [5.41, 5.74) is 0.905. The largest absolute Gasteiger partial charge is 0.435 e. The molecule has 0 saturated carbocycles. The number of ether oxygens (including phenoxy) is 1. The molecule has 0 bridgehead atoms. The Balaban J connectivity index is 1.64. The van der Waals surface area contributed by atoms with Crippen LogP contribution >= 0.6 is 11.8 Å². The molecule has 0 unspecified atom stereocenters. The summed E-state index contributed by atoms with van der Waals surface area (Å²) in [7, 11) is 0. The fraction of sp³-hybridized carbons (Fsp3) is 0.278. The van der Waals surface area contributed by atoms with Gasteiger partial charge in [-0.05, 0) is 36.2 Å². The van der Waals surface area contributed by atoms with Gasteiger partial charge in [0.2, 0.25) is 5.91 Å². The Bertz CT molecular complexity index is 680. The topological polar surface area (TPSA) is 38.3 Å². The van der Waals surface area contributed by atoms with Crippen molar-refractivity contribution in [3.05, 3.63) is 59.9 Å². The van der Waals surface area contributed by atoms with Crippen LogP contribution < -0.4 is 10.1 Å². The lowest BCUT2D eigenvalue weighted by Gasteiger charge is -2.07. The number of hydrogen-bond acceptors (Lipinski definition) is 3. The van der Waals surface area contributed by atoms with Gasteiger partial charge >= 0.3 is 6.61 Å². The van der Waals surface area contributed by atoms with Gasteiger partial charge in [-0.3, -0.25) is 4.79 Å². The highest BCUT2D eigenvalue weighted by molar-refractivity contribution is 7.99. The number of benzene rings is 2. The van der Waals surface area contributed by atoms with Crippen LogP contribution in [-0.4, -0.2) is 24.8 Å². The van der Waals surface area contributed by atoms with Gasteiger partial charge in [-0.1, -0.05) is 24.3 Å². The van der Waals surface area contributed by atoms with Gasteiger partial charge in [0.15, 0.2) is 0 Å². The highest BCUT2D eigenvalue weighted by atomic mass is 32.2. The van der Waals surface area contributed by atoms with Gasteiger partial charge in [0.05, 0.1) is 0 Å². The Labute approximate surface area is 148 Å². The van der Waals surface area contributed by atoms with E-state index < -0.39 is 6.61 Å². The van der Waals surface area contributed by atoms with Crippen LogP contribution in [0.5, 0.6) is 5.75 Å². The number of carbonyl (C=O) groups excluding carboxylic acids is 1. The Hall–Kier alpha value is -2.15. The molecule has 2 rings (SSSR count). The van der Waals surface area contributed by atoms with Crippen LogP contribution in [0.3, 0.4) is 0 Å². The molecule has 0 saturated heterocycles. The summed E-state index contributed by atoms with van der Waals surface area (Å²) in [4.78, 5) is 12.3. The Morgan fingerprint density at radius 1 is 1.12 bits per heavy atom. The predicted octanol–water partition coefficient (Wildman–Crippen LogP) is 4.27. The van der Waals surface area contributed by atoms with Gasteiger partial charge in [0.25, 0.3) is 0 Å². The first-order valence-corrected chi connectivity index (χ1v) is 8.71. The second kappa shape index (κ2) is 9.98. The molecule has 0 aliphatic rings. The lowest BCUT2D eigenvalue weighted by atomic mass is 10.1. The molecule has 2 aromatic rings. The quantitative estimate of drug-likeness (QED) is 0.671. The number of alkyl halides is 2. The van der Waals surface area contributed by atoms with Gasteiger partial charge in [-0.15, -0.1) is 11.8 Å². The molecule has 25 heavy (non-hydrogen) atoms. The van der Waals surface area contributed by atoms with E-state index in [-0.39, 0.29) is 17.5 Å². The van der Waals surface area contributed by atoms with Crippen molar-refractivity contribution >= 4 is 17.7 Å². The zero-order valence-electron chi connectivity index (χ0n) is 13.4. The average Bonchev–Trinajstić information content (AvgIpc) is 2.58. The van der Waals surface area contributed by atoms with E-state index in [1.165, 1.54) is 30.0 Å². The van der Waals surface area contributed by atoms with Gasteiger partial charge < -0.3 is 10.1 Å². The van der Waals surface area contributed by atoms with Crippen molar-refractivity contribution in [3.63, 3.8) is 0 Å². The fourth-order valence-electron chi connectivity index (χ4n) is 2.09. The number of carbonyl (C=O) groups is 1.